The number of nitrogens with zero attached hydrogens (tertiary/aromatic N) is 10. The monoisotopic (exact) mass is 514 g/mol. The molecule has 6 heterocycles. The highest BCUT2D eigenvalue weighted by molar-refractivity contribution is 5.82. The Morgan fingerprint density at radius 1 is 0.846 bits per heavy atom. The van der Waals surface area contributed by atoms with Crippen LogP contribution in [0.15, 0.2) is 60.9 Å². The lowest BCUT2D eigenvalue weighted by molar-refractivity contribution is 0.455. The van der Waals surface area contributed by atoms with Crippen LogP contribution in [0.2, 0.25) is 0 Å². The summed E-state index contributed by atoms with van der Waals surface area (Å²) in [5, 5.41) is 24.0. The zero-order valence-electron chi connectivity index (χ0n) is 20.7. The molecule has 1 fully saturated rings. The Labute approximate surface area is 223 Å². The summed E-state index contributed by atoms with van der Waals surface area (Å²) in [4.78, 5) is 26.7. The predicted octanol–water partition coefficient (Wildman–Crippen LogP) is 2.88. The third-order valence-electron chi connectivity index (χ3n) is 6.55. The van der Waals surface area contributed by atoms with E-state index in [1.165, 1.54) is 0 Å². The number of rotatable bonds is 5. The van der Waals surface area contributed by atoms with Gasteiger partial charge in [-0.1, -0.05) is 6.07 Å². The second kappa shape index (κ2) is 10.0. The van der Waals surface area contributed by atoms with Crippen molar-refractivity contribution in [3.8, 4) is 34.9 Å². The number of hydrogen-bond acceptors (Lipinski definition) is 11. The fraction of sp³-hybridized carbons (Fsp3) is 0.185. The van der Waals surface area contributed by atoms with E-state index in [0.717, 1.165) is 12.8 Å². The number of anilines is 2. The molecule has 0 aromatic carbocycles. The Bertz CT molecular complexity index is 1760. The van der Waals surface area contributed by atoms with Crippen molar-refractivity contribution in [2.24, 2.45) is 0 Å². The molecule has 5 aromatic heterocycles. The van der Waals surface area contributed by atoms with Crippen LogP contribution in [0, 0.1) is 22.7 Å². The number of nitrogens with two attached hydrogens (primary N) is 1. The topological polar surface area (TPSA) is 171 Å². The van der Waals surface area contributed by atoms with E-state index in [2.05, 4.69) is 36.3 Å². The smallest absolute Gasteiger partial charge is 0.234 e. The number of pyridine rings is 3. The van der Waals surface area contributed by atoms with Gasteiger partial charge < -0.3 is 16.1 Å². The van der Waals surface area contributed by atoms with Gasteiger partial charge >= 0.3 is 0 Å². The fourth-order valence-electron chi connectivity index (χ4n) is 4.69. The zero-order valence-corrected chi connectivity index (χ0v) is 20.7. The normalized spacial score (nSPS) is 13.6. The fourth-order valence-corrected chi connectivity index (χ4v) is 4.69. The summed E-state index contributed by atoms with van der Waals surface area (Å²) < 4.78 is 2.01. The first-order valence-corrected chi connectivity index (χ1v) is 12.4. The van der Waals surface area contributed by atoms with Gasteiger partial charge in [-0.3, -0.25) is 0 Å². The lowest BCUT2D eigenvalue weighted by Crippen LogP contribution is -2.45. The standard InChI is InChI=1S/C27H22N12/c28-15-18-3-1-5-20(33-18)21-6-7-22-27(35-21)39(26(36-22)19-4-2-11-32-25(19)30)38-13-9-17(10-14-38)34-23-8-12-31-24(16-29)37-23/h1-8,11-12,17H,9-10,13-14H2,(H2,30,32)(H,31,34,37). The van der Waals surface area contributed by atoms with Crippen molar-refractivity contribution in [1.82, 2.24) is 34.6 Å². The number of fused-ring (bicyclic) bond motifs is 1. The van der Waals surface area contributed by atoms with Gasteiger partial charge in [-0.2, -0.15) is 10.5 Å². The van der Waals surface area contributed by atoms with Crippen LogP contribution in [0.5, 0.6) is 0 Å². The third-order valence-corrected chi connectivity index (χ3v) is 6.55. The predicted molar refractivity (Wildman–Crippen MR) is 144 cm³/mol. The number of nitrogen functional groups attached to an aromatic ring is 1. The van der Waals surface area contributed by atoms with Crippen LogP contribution in [-0.2, 0) is 0 Å². The molecule has 1 aliphatic heterocycles. The summed E-state index contributed by atoms with van der Waals surface area (Å²) in [5.41, 5.74) is 9.92. The Balaban J connectivity index is 1.36. The Morgan fingerprint density at radius 2 is 1.69 bits per heavy atom. The number of hydrogen-bond donors (Lipinski definition) is 2. The second-order valence-corrected chi connectivity index (χ2v) is 8.99. The van der Waals surface area contributed by atoms with Crippen LogP contribution in [0.3, 0.4) is 0 Å². The molecule has 1 aliphatic rings. The molecule has 0 bridgehead atoms. The molecule has 12 nitrogen and oxygen atoms in total. The van der Waals surface area contributed by atoms with Gasteiger partial charge in [-0.15, -0.1) is 0 Å². The SMILES string of the molecule is N#Cc1cccc(-c2ccc3nc(-c4cccnc4N)n(N4CCC(Nc5ccnc(C#N)n5)CC4)c3n2)n1. The lowest BCUT2D eigenvalue weighted by atomic mass is 10.1. The maximum absolute atomic E-state index is 9.29. The molecule has 12 heteroatoms. The summed E-state index contributed by atoms with van der Waals surface area (Å²) in [5.74, 6) is 1.80. The molecule has 190 valence electrons. The number of nitriles is 2. The lowest BCUT2D eigenvalue weighted by Gasteiger charge is -2.35. The molecule has 6 rings (SSSR count). The van der Waals surface area contributed by atoms with Gasteiger partial charge in [0.25, 0.3) is 0 Å². The van der Waals surface area contributed by atoms with Crippen LogP contribution < -0.4 is 16.1 Å². The van der Waals surface area contributed by atoms with E-state index in [4.69, 9.17) is 21.0 Å². The summed E-state index contributed by atoms with van der Waals surface area (Å²) in [7, 11) is 0. The Morgan fingerprint density at radius 3 is 2.49 bits per heavy atom. The minimum Gasteiger partial charge on any atom is -0.383 e. The van der Waals surface area contributed by atoms with E-state index in [1.54, 1.807) is 30.6 Å². The quantitative estimate of drug-likeness (QED) is 0.353. The molecule has 0 radical (unpaired) electrons. The second-order valence-electron chi connectivity index (χ2n) is 8.99. The highest BCUT2D eigenvalue weighted by Crippen LogP contribution is 2.30. The number of imidazole rings is 1. The largest absolute Gasteiger partial charge is 0.383 e. The molecule has 0 spiro atoms. The highest BCUT2D eigenvalue weighted by Gasteiger charge is 2.26. The first-order valence-electron chi connectivity index (χ1n) is 12.4. The molecule has 1 saturated heterocycles. The van der Waals surface area contributed by atoms with Gasteiger partial charge in [-0.05, 0) is 55.3 Å². The van der Waals surface area contributed by atoms with Gasteiger partial charge in [0.1, 0.15) is 35.0 Å². The Hall–Kier alpha value is -5.62. The Kier molecular flexibility index (Phi) is 6.11. The van der Waals surface area contributed by atoms with E-state index in [-0.39, 0.29) is 11.9 Å². The minimum absolute atomic E-state index is 0.137. The van der Waals surface area contributed by atoms with E-state index >= 15 is 0 Å². The maximum Gasteiger partial charge on any atom is 0.234 e. The first-order chi connectivity index (χ1) is 19.1. The van der Waals surface area contributed by atoms with E-state index in [1.807, 2.05) is 41.1 Å². The highest BCUT2D eigenvalue weighted by atomic mass is 15.6. The third kappa shape index (κ3) is 4.63. The van der Waals surface area contributed by atoms with Crippen molar-refractivity contribution in [2.45, 2.75) is 18.9 Å². The van der Waals surface area contributed by atoms with Gasteiger partial charge in [0.05, 0.1) is 17.0 Å². The molecule has 0 aliphatic carbocycles. The summed E-state index contributed by atoms with van der Waals surface area (Å²) in [6.07, 6.45) is 4.87. The molecule has 3 N–H and O–H groups in total. The van der Waals surface area contributed by atoms with Crippen molar-refractivity contribution >= 4 is 22.8 Å². The maximum atomic E-state index is 9.29. The number of aromatic nitrogens is 7. The molecule has 0 atom stereocenters. The summed E-state index contributed by atoms with van der Waals surface area (Å²) in [6, 6.07) is 18.8. The van der Waals surface area contributed by atoms with Gasteiger partial charge in [0.2, 0.25) is 5.82 Å². The molecular formula is C27H22N12. The van der Waals surface area contributed by atoms with Crippen LogP contribution in [-0.4, -0.2) is 53.7 Å². The van der Waals surface area contributed by atoms with Crippen LogP contribution in [0.1, 0.15) is 24.4 Å². The molecule has 0 amide bonds. The van der Waals surface area contributed by atoms with Gasteiger partial charge in [-0.25, -0.2) is 34.6 Å². The first kappa shape index (κ1) is 23.8. The summed E-state index contributed by atoms with van der Waals surface area (Å²) >= 11 is 0. The number of piperidine rings is 1. The van der Waals surface area contributed by atoms with E-state index in [9.17, 15) is 5.26 Å². The molecule has 0 saturated carbocycles. The van der Waals surface area contributed by atoms with Crippen molar-refractivity contribution < 1.29 is 0 Å². The molecular weight excluding hydrogens is 492 g/mol. The van der Waals surface area contributed by atoms with E-state index in [0.29, 0.717) is 64.4 Å². The van der Waals surface area contributed by atoms with Crippen molar-refractivity contribution in [3.63, 3.8) is 0 Å². The van der Waals surface area contributed by atoms with Crippen LogP contribution in [0.4, 0.5) is 11.6 Å². The average Bonchev–Trinajstić information content (AvgIpc) is 3.36. The molecule has 0 unspecified atom stereocenters. The van der Waals surface area contributed by atoms with Crippen molar-refractivity contribution in [2.75, 3.05) is 29.1 Å². The minimum atomic E-state index is 0.137. The summed E-state index contributed by atoms with van der Waals surface area (Å²) in [6.45, 7) is 1.42. The van der Waals surface area contributed by atoms with Gasteiger partial charge in [0.15, 0.2) is 11.5 Å². The van der Waals surface area contributed by atoms with Gasteiger partial charge in [0, 0.05) is 31.5 Å². The molecule has 39 heavy (non-hydrogen) atoms. The van der Waals surface area contributed by atoms with Crippen molar-refractivity contribution in [1.29, 1.82) is 10.5 Å². The zero-order chi connectivity index (χ0) is 26.8. The van der Waals surface area contributed by atoms with Crippen LogP contribution in [0.25, 0.3) is 33.9 Å². The molecule has 5 aromatic rings. The van der Waals surface area contributed by atoms with E-state index < -0.39 is 0 Å². The van der Waals surface area contributed by atoms with Crippen molar-refractivity contribution in [3.05, 3.63) is 72.4 Å². The van der Waals surface area contributed by atoms with Crippen LogP contribution >= 0.6 is 0 Å². The average molecular weight is 515 g/mol. The number of nitrogens with one attached hydrogen (secondary N) is 1.